The molecular weight excluding hydrogens is 208 g/mol. The van der Waals surface area contributed by atoms with E-state index in [1.165, 1.54) is 12.8 Å². The molecule has 2 amide bonds. The lowest BCUT2D eigenvalue weighted by molar-refractivity contribution is -0.135. The van der Waals surface area contributed by atoms with Crippen LogP contribution in [0.25, 0.3) is 0 Å². The van der Waals surface area contributed by atoms with Crippen molar-refractivity contribution in [1.82, 2.24) is 15.5 Å². The van der Waals surface area contributed by atoms with Crippen LogP contribution in [0.4, 0.5) is 0 Å². The minimum atomic E-state index is -0.631. The molecule has 1 aliphatic carbocycles. The van der Waals surface area contributed by atoms with E-state index in [9.17, 15) is 9.59 Å². The summed E-state index contributed by atoms with van der Waals surface area (Å²) in [5, 5.41) is 4.74. The highest BCUT2D eigenvalue weighted by molar-refractivity contribution is 6.45. The summed E-state index contributed by atoms with van der Waals surface area (Å²) >= 11 is 0. The maximum Gasteiger partial charge on any atom is 0.316 e. The molecule has 88 valence electrons. The van der Waals surface area contributed by atoms with Gasteiger partial charge in [0.1, 0.15) is 0 Å². The van der Waals surface area contributed by atoms with Crippen LogP contribution in [0.15, 0.2) is 4.99 Å². The number of hydrogen-bond acceptors (Lipinski definition) is 4. The average Bonchev–Trinajstić information content (AvgIpc) is 3.03. The Bertz CT molecular complexity index is 318. The predicted octanol–water partition coefficient (Wildman–Crippen LogP) is -0.927. The van der Waals surface area contributed by atoms with Crippen molar-refractivity contribution in [2.75, 3.05) is 19.6 Å². The summed E-state index contributed by atoms with van der Waals surface area (Å²) in [6.07, 6.45) is 2.55. The number of aliphatic imine (C=N–C) groups is 1. The van der Waals surface area contributed by atoms with Crippen LogP contribution in [-0.4, -0.2) is 48.3 Å². The molecule has 1 aliphatic heterocycles. The third kappa shape index (κ3) is 2.57. The Morgan fingerprint density at radius 2 is 1.94 bits per heavy atom. The van der Waals surface area contributed by atoms with Crippen molar-refractivity contribution < 1.29 is 9.59 Å². The van der Waals surface area contributed by atoms with Gasteiger partial charge in [0.05, 0.1) is 6.54 Å². The Kier molecular flexibility index (Phi) is 3.19. The van der Waals surface area contributed by atoms with Crippen LogP contribution in [0.3, 0.4) is 0 Å². The van der Waals surface area contributed by atoms with Gasteiger partial charge in [-0.15, -0.1) is 0 Å². The minimum Gasteiger partial charge on any atom is -0.299 e. The Hall–Kier alpha value is -1.43. The second kappa shape index (κ2) is 4.61. The maximum atomic E-state index is 10.8. The van der Waals surface area contributed by atoms with E-state index in [1.807, 2.05) is 0 Å². The van der Waals surface area contributed by atoms with Gasteiger partial charge in [0.25, 0.3) is 0 Å². The molecule has 6 heteroatoms. The first-order valence-electron chi connectivity index (χ1n) is 5.61. The molecule has 2 aliphatic rings. The SMILES string of the molecule is CCN(CCN=C1NC(=O)C(=O)N1)C1CC1. The van der Waals surface area contributed by atoms with Crippen molar-refractivity contribution in [3.8, 4) is 0 Å². The predicted molar refractivity (Wildman–Crippen MR) is 58.9 cm³/mol. The number of nitrogens with zero attached hydrogens (tertiary/aromatic N) is 2. The normalized spacial score (nSPS) is 20.0. The number of carbonyl (C=O) groups is 2. The van der Waals surface area contributed by atoms with Crippen molar-refractivity contribution in [2.45, 2.75) is 25.8 Å². The molecule has 6 nitrogen and oxygen atoms in total. The van der Waals surface area contributed by atoms with E-state index in [-0.39, 0.29) is 5.96 Å². The average molecular weight is 224 g/mol. The number of guanidine groups is 1. The van der Waals surface area contributed by atoms with E-state index < -0.39 is 11.8 Å². The number of likely N-dealkylation sites (N-methyl/N-ethyl adjacent to an activating group) is 1. The molecule has 2 rings (SSSR count). The van der Waals surface area contributed by atoms with E-state index in [2.05, 4.69) is 27.4 Å². The number of rotatable bonds is 5. The highest BCUT2D eigenvalue weighted by Gasteiger charge is 2.28. The number of nitrogens with one attached hydrogen (secondary N) is 2. The fourth-order valence-corrected chi connectivity index (χ4v) is 1.77. The van der Waals surface area contributed by atoms with Gasteiger partial charge in [-0.2, -0.15) is 0 Å². The van der Waals surface area contributed by atoms with Gasteiger partial charge in [-0.3, -0.25) is 30.1 Å². The van der Waals surface area contributed by atoms with Gasteiger partial charge in [-0.25, -0.2) is 0 Å². The van der Waals surface area contributed by atoms with Crippen LogP contribution in [0.5, 0.6) is 0 Å². The Morgan fingerprint density at radius 1 is 1.31 bits per heavy atom. The third-order valence-electron chi connectivity index (χ3n) is 2.80. The molecule has 2 N–H and O–H groups in total. The highest BCUT2D eigenvalue weighted by Crippen LogP contribution is 2.25. The Labute approximate surface area is 94.1 Å². The topological polar surface area (TPSA) is 73.8 Å². The largest absolute Gasteiger partial charge is 0.316 e. The quantitative estimate of drug-likeness (QED) is 0.593. The summed E-state index contributed by atoms with van der Waals surface area (Å²) in [4.78, 5) is 28.2. The number of carbonyl (C=O) groups excluding carboxylic acids is 2. The summed E-state index contributed by atoms with van der Waals surface area (Å²) in [6, 6.07) is 0.720. The first-order valence-corrected chi connectivity index (χ1v) is 5.61. The van der Waals surface area contributed by atoms with E-state index >= 15 is 0 Å². The van der Waals surface area contributed by atoms with Gasteiger partial charge in [-0.05, 0) is 19.4 Å². The van der Waals surface area contributed by atoms with Crippen LogP contribution >= 0.6 is 0 Å². The van der Waals surface area contributed by atoms with Gasteiger partial charge < -0.3 is 0 Å². The molecule has 2 fully saturated rings. The van der Waals surface area contributed by atoms with E-state index in [0.717, 1.165) is 19.1 Å². The minimum absolute atomic E-state index is 0.279. The standard InChI is InChI=1S/C10H16N4O2/c1-2-14(7-3-4-7)6-5-11-10-12-8(15)9(16)13-10/h7H,2-6H2,1H3,(H2,11,12,13,15,16). The van der Waals surface area contributed by atoms with E-state index in [1.54, 1.807) is 0 Å². The molecule has 0 aromatic rings. The van der Waals surface area contributed by atoms with Gasteiger partial charge in [-0.1, -0.05) is 6.92 Å². The summed E-state index contributed by atoms with van der Waals surface area (Å²) in [5.74, 6) is -0.983. The molecule has 0 radical (unpaired) electrons. The molecule has 0 aromatic carbocycles. The molecule has 0 unspecified atom stereocenters. The van der Waals surface area contributed by atoms with Gasteiger partial charge >= 0.3 is 11.8 Å². The molecule has 1 saturated carbocycles. The molecule has 1 saturated heterocycles. The molecule has 0 atom stereocenters. The molecule has 0 spiro atoms. The fourth-order valence-electron chi connectivity index (χ4n) is 1.77. The molecule has 0 bridgehead atoms. The lowest BCUT2D eigenvalue weighted by Crippen LogP contribution is -2.31. The van der Waals surface area contributed by atoms with Crippen molar-refractivity contribution >= 4 is 17.8 Å². The van der Waals surface area contributed by atoms with Gasteiger partial charge in [0, 0.05) is 12.6 Å². The smallest absolute Gasteiger partial charge is 0.299 e. The van der Waals surface area contributed by atoms with Crippen molar-refractivity contribution in [3.05, 3.63) is 0 Å². The zero-order valence-electron chi connectivity index (χ0n) is 9.32. The van der Waals surface area contributed by atoms with Gasteiger partial charge in [0.15, 0.2) is 0 Å². The second-order valence-corrected chi connectivity index (χ2v) is 4.00. The molecule has 1 heterocycles. The molecular formula is C10H16N4O2. The fraction of sp³-hybridized carbons (Fsp3) is 0.700. The summed E-state index contributed by atoms with van der Waals surface area (Å²) in [7, 11) is 0. The summed E-state index contributed by atoms with van der Waals surface area (Å²) in [5.41, 5.74) is 0. The van der Waals surface area contributed by atoms with Crippen LogP contribution in [0.1, 0.15) is 19.8 Å². The first kappa shape index (κ1) is 11.1. The van der Waals surface area contributed by atoms with Crippen molar-refractivity contribution in [1.29, 1.82) is 0 Å². The highest BCUT2D eigenvalue weighted by atomic mass is 16.2. The Morgan fingerprint density at radius 3 is 2.44 bits per heavy atom. The van der Waals surface area contributed by atoms with E-state index in [0.29, 0.717) is 6.54 Å². The maximum absolute atomic E-state index is 10.8. The van der Waals surface area contributed by atoms with Crippen LogP contribution in [-0.2, 0) is 9.59 Å². The summed E-state index contributed by atoms with van der Waals surface area (Å²) < 4.78 is 0. The Balaban J connectivity index is 1.76. The van der Waals surface area contributed by atoms with Crippen LogP contribution in [0.2, 0.25) is 0 Å². The van der Waals surface area contributed by atoms with E-state index in [4.69, 9.17) is 0 Å². The lowest BCUT2D eigenvalue weighted by atomic mass is 10.4. The van der Waals surface area contributed by atoms with Crippen molar-refractivity contribution in [3.63, 3.8) is 0 Å². The van der Waals surface area contributed by atoms with Crippen LogP contribution in [0, 0.1) is 0 Å². The molecule has 16 heavy (non-hydrogen) atoms. The van der Waals surface area contributed by atoms with Crippen LogP contribution < -0.4 is 10.6 Å². The number of amides is 2. The van der Waals surface area contributed by atoms with Crippen molar-refractivity contribution in [2.24, 2.45) is 4.99 Å². The second-order valence-electron chi connectivity index (χ2n) is 4.00. The van der Waals surface area contributed by atoms with Gasteiger partial charge in [0.2, 0.25) is 5.96 Å². The summed E-state index contributed by atoms with van der Waals surface area (Å²) in [6.45, 7) is 4.62. The zero-order chi connectivity index (χ0) is 11.5. The molecule has 0 aromatic heterocycles. The zero-order valence-corrected chi connectivity index (χ0v) is 9.32. The number of hydrogen-bond donors (Lipinski definition) is 2. The first-order chi connectivity index (χ1) is 7.70. The third-order valence-corrected chi connectivity index (χ3v) is 2.80. The lowest BCUT2D eigenvalue weighted by Gasteiger charge is -2.18. The monoisotopic (exact) mass is 224 g/mol.